The molecule has 0 unspecified atom stereocenters. The summed E-state index contributed by atoms with van der Waals surface area (Å²) in [6, 6.07) is 17.2. The third-order valence-corrected chi connectivity index (χ3v) is 4.24. The van der Waals surface area contributed by atoms with E-state index in [4.69, 9.17) is 0 Å². The topological polar surface area (TPSA) is 66.9 Å². The first kappa shape index (κ1) is 18.6. The lowest BCUT2D eigenvalue weighted by Crippen LogP contribution is -2.14. The van der Waals surface area contributed by atoms with E-state index in [0.29, 0.717) is 23.1 Å². The first-order chi connectivity index (χ1) is 12.9. The summed E-state index contributed by atoms with van der Waals surface area (Å²) < 4.78 is 0. The van der Waals surface area contributed by atoms with Gasteiger partial charge in [0, 0.05) is 17.1 Å². The fourth-order valence-electron chi connectivity index (χ4n) is 2.84. The lowest BCUT2D eigenvalue weighted by atomic mass is 10.0. The maximum atomic E-state index is 12.8. The van der Waals surface area contributed by atoms with E-state index in [1.165, 1.54) is 5.56 Å². The molecule has 3 rings (SSSR count). The van der Waals surface area contributed by atoms with E-state index in [0.717, 1.165) is 17.1 Å². The number of benzene rings is 2. The highest BCUT2D eigenvalue weighted by atomic mass is 16.1. The van der Waals surface area contributed by atoms with Crippen LogP contribution in [-0.4, -0.2) is 15.9 Å². The molecule has 1 amide bonds. The molecule has 0 fully saturated rings. The van der Waals surface area contributed by atoms with Gasteiger partial charge < -0.3 is 10.6 Å². The Labute approximate surface area is 159 Å². The SMILES string of the molecule is Cc1cc(C)nc(Nc2ccccc2C(=O)Nc2ccc(C(C)C)cc2)n1. The molecule has 1 aromatic heterocycles. The maximum Gasteiger partial charge on any atom is 0.257 e. The number of anilines is 3. The lowest BCUT2D eigenvalue weighted by Gasteiger charge is -2.12. The molecule has 2 aromatic carbocycles. The van der Waals surface area contributed by atoms with Gasteiger partial charge >= 0.3 is 0 Å². The van der Waals surface area contributed by atoms with Gasteiger partial charge in [0.05, 0.1) is 11.3 Å². The number of carbonyl (C=O) groups is 1. The Bertz CT molecular complexity index is 929. The van der Waals surface area contributed by atoms with Crippen molar-refractivity contribution in [2.24, 2.45) is 0 Å². The van der Waals surface area contributed by atoms with Crippen LogP contribution < -0.4 is 10.6 Å². The van der Waals surface area contributed by atoms with Crippen molar-refractivity contribution >= 4 is 23.2 Å². The summed E-state index contributed by atoms with van der Waals surface area (Å²) in [5.41, 5.74) is 4.95. The fourth-order valence-corrected chi connectivity index (χ4v) is 2.84. The van der Waals surface area contributed by atoms with Crippen LogP contribution in [-0.2, 0) is 0 Å². The van der Waals surface area contributed by atoms with Crippen LogP contribution >= 0.6 is 0 Å². The predicted octanol–water partition coefficient (Wildman–Crippen LogP) is 5.21. The molecule has 27 heavy (non-hydrogen) atoms. The Kier molecular flexibility index (Phi) is 5.50. The van der Waals surface area contributed by atoms with Gasteiger partial charge in [-0.25, -0.2) is 9.97 Å². The molecule has 0 saturated carbocycles. The summed E-state index contributed by atoms with van der Waals surface area (Å²) in [5, 5.41) is 6.12. The summed E-state index contributed by atoms with van der Waals surface area (Å²) in [6.07, 6.45) is 0. The van der Waals surface area contributed by atoms with E-state index < -0.39 is 0 Å². The minimum atomic E-state index is -0.181. The molecular weight excluding hydrogens is 336 g/mol. The number of nitrogens with zero attached hydrogens (tertiary/aromatic N) is 2. The highest BCUT2D eigenvalue weighted by Crippen LogP contribution is 2.22. The zero-order valence-electron chi connectivity index (χ0n) is 16.1. The average Bonchev–Trinajstić information content (AvgIpc) is 2.61. The highest BCUT2D eigenvalue weighted by Gasteiger charge is 2.13. The van der Waals surface area contributed by atoms with Crippen molar-refractivity contribution in [1.82, 2.24) is 9.97 Å². The van der Waals surface area contributed by atoms with Gasteiger partial charge in [0.2, 0.25) is 5.95 Å². The van der Waals surface area contributed by atoms with E-state index in [1.54, 1.807) is 6.07 Å². The Balaban J connectivity index is 1.81. The van der Waals surface area contributed by atoms with Crippen molar-refractivity contribution in [3.63, 3.8) is 0 Å². The van der Waals surface area contributed by atoms with E-state index in [9.17, 15) is 4.79 Å². The standard InChI is InChI=1S/C22H24N4O/c1-14(2)17-9-11-18(12-10-17)25-21(27)19-7-5-6-8-20(19)26-22-23-15(3)13-16(4)24-22/h5-14H,1-4H3,(H,25,27)(H,23,24,26). The normalized spacial score (nSPS) is 10.7. The first-order valence-electron chi connectivity index (χ1n) is 9.02. The Morgan fingerprint density at radius 3 is 2.19 bits per heavy atom. The monoisotopic (exact) mass is 360 g/mol. The van der Waals surface area contributed by atoms with Crippen molar-refractivity contribution in [2.75, 3.05) is 10.6 Å². The van der Waals surface area contributed by atoms with Gasteiger partial charge in [-0.15, -0.1) is 0 Å². The van der Waals surface area contributed by atoms with Crippen LogP contribution in [0.4, 0.5) is 17.3 Å². The number of hydrogen-bond acceptors (Lipinski definition) is 4. The molecule has 0 atom stereocenters. The van der Waals surface area contributed by atoms with E-state index in [2.05, 4.69) is 34.4 Å². The molecule has 2 N–H and O–H groups in total. The number of aromatic nitrogens is 2. The fraction of sp³-hybridized carbons (Fsp3) is 0.227. The van der Waals surface area contributed by atoms with Crippen LogP contribution in [0.3, 0.4) is 0 Å². The molecule has 138 valence electrons. The van der Waals surface area contributed by atoms with Crippen LogP contribution in [0.5, 0.6) is 0 Å². The van der Waals surface area contributed by atoms with E-state index in [1.807, 2.05) is 62.4 Å². The number of amides is 1. The van der Waals surface area contributed by atoms with Crippen LogP contribution in [0.15, 0.2) is 54.6 Å². The van der Waals surface area contributed by atoms with Crippen LogP contribution in [0.1, 0.15) is 47.1 Å². The van der Waals surface area contributed by atoms with Crippen molar-refractivity contribution in [2.45, 2.75) is 33.6 Å². The molecule has 0 radical (unpaired) electrons. The molecule has 1 heterocycles. The summed E-state index contributed by atoms with van der Waals surface area (Å²) in [4.78, 5) is 21.6. The minimum Gasteiger partial charge on any atom is -0.323 e. The predicted molar refractivity (Wildman–Crippen MR) is 110 cm³/mol. The van der Waals surface area contributed by atoms with E-state index in [-0.39, 0.29) is 5.91 Å². The van der Waals surface area contributed by atoms with Gasteiger partial charge in [0.15, 0.2) is 0 Å². The molecule has 0 spiro atoms. The second kappa shape index (κ2) is 7.99. The number of rotatable bonds is 5. The Morgan fingerprint density at radius 1 is 0.926 bits per heavy atom. The van der Waals surface area contributed by atoms with Crippen molar-refractivity contribution in [1.29, 1.82) is 0 Å². The largest absolute Gasteiger partial charge is 0.323 e. The Morgan fingerprint density at radius 2 is 1.56 bits per heavy atom. The van der Waals surface area contributed by atoms with Gasteiger partial charge in [0.25, 0.3) is 5.91 Å². The molecule has 0 aliphatic heterocycles. The van der Waals surface area contributed by atoms with Crippen molar-refractivity contribution in [3.05, 3.63) is 77.1 Å². The number of para-hydroxylation sites is 1. The third-order valence-electron chi connectivity index (χ3n) is 4.24. The van der Waals surface area contributed by atoms with Crippen LogP contribution in [0.2, 0.25) is 0 Å². The molecule has 0 aliphatic rings. The summed E-state index contributed by atoms with van der Waals surface area (Å²) >= 11 is 0. The smallest absolute Gasteiger partial charge is 0.257 e. The Hall–Kier alpha value is -3.21. The van der Waals surface area contributed by atoms with Gasteiger partial charge in [-0.05, 0) is 55.7 Å². The number of aryl methyl sites for hydroxylation is 2. The summed E-state index contributed by atoms with van der Waals surface area (Å²) in [7, 11) is 0. The first-order valence-corrected chi connectivity index (χ1v) is 9.02. The highest BCUT2D eigenvalue weighted by molar-refractivity contribution is 6.08. The second-order valence-electron chi connectivity index (χ2n) is 6.88. The quantitative estimate of drug-likeness (QED) is 0.655. The third kappa shape index (κ3) is 4.70. The zero-order valence-corrected chi connectivity index (χ0v) is 16.1. The summed E-state index contributed by atoms with van der Waals surface area (Å²) in [5.74, 6) is 0.756. The summed E-state index contributed by atoms with van der Waals surface area (Å²) in [6.45, 7) is 8.12. The molecule has 3 aromatic rings. The molecule has 0 bridgehead atoms. The number of nitrogens with one attached hydrogen (secondary N) is 2. The van der Waals surface area contributed by atoms with Crippen molar-refractivity contribution < 1.29 is 4.79 Å². The van der Waals surface area contributed by atoms with Gasteiger partial charge in [-0.3, -0.25) is 4.79 Å². The van der Waals surface area contributed by atoms with Crippen LogP contribution in [0, 0.1) is 13.8 Å². The number of hydrogen-bond donors (Lipinski definition) is 2. The zero-order chi connectivity index (χ0) is 19.4. The number of carbonyl (C=O) groups excluding carboxylic acids is 1. The maximum absolute atomic E-state index is 12.8. The van der Waals surface area contributed by atoms with Gasteiger partial charge in [0.1, 0.15) is 0 Å². The van der Waals surface area contributed by atoms with E-state index >= 15 is 0 Å². The molecule has 0 saturated heterocycles. The molecule has 5 nitrogen and oxygen atoms in total. The molecule has 0 aliphatic carbocycles. The second-order valence-corrected chi connectivity index (χ2v) is 6.88. The minimum absolute atomic E-state index is 0.181. The van der Waals surface area contributed by atoms with Gasteiger partial charge in [-0.2, -0.15) is 0 Å². The van der Waals surface area contributed by atoms with Crippen molar-refractivity contribution in [3.8, 4) is 0 Å². The lowest BCUT2D eigenvalue weighted by molar-refractivity contribution is 0.102. The van der Waals surface area contributed by atoms with Gasteiger partial charge in [-0.1, -0.05) is 38.1 Å². The molecular formula is C22H24N4O. The van der Waals surface area contributed by atoms with Crippen LogP contribution in [0.25, 0.3) is 0 Å². The average molecular weight is 360 g/mol. The molecule has 5 heteroatoms.